The Bertz CT molecular complexity index is 757. The zero-order valence-corrected chi connectivity index (χ0v) is 12.8. The fourth-order valence-corrected chi connectivity index (χ4v) is 3.43. The number of hydrogen-bond donors (Lipinski definition) is 0. The van der Waals surface area contributed by atoms with E-state index in [1.807, 2.05) is 42.6 Å². The van der Waals surface area contributed by atoms with Gasteiger partial charge in [-0.1, -0.05) is 36.0 Å². The highest BCUT2D eigenvalue weighted by Gasteiger charge is 2.25. The van der Waals surface area contributed by atoms with Gasteiger partial charge in [-0.2, -0.15) is 0 Å². The van der Waals surface area contributed by atoms with Gasteiger partial charge in [-0.15, -0.1) is 10.2 Å². The Morgan fingerprint density at radius 3 is 2.64 bits per heavy atom. The van der Waals surface area contributed by atoms with Crippen molar-refractivity contribution in [3.63, 3.8) is 0 Å². The zero-order chi connectivity index (χ0) is 14.8. The molecule has 0 spiro atoms. The normalized spacial score (nSPS) is 13.4. The van der Waals surface area contributed by atoms with Crippen molar-refractivity contribution in [1.82, 2.24) is 19.7 Å². The topological polar surface area (TPSA) is 46.8 Å². The van der Waals surface area contributed by atoms with E-state index in [1.165, 1.54) is 0 Å². The van der Waals surface area contributed by atoms with Crippen LogP contribution in [0, 0.1) is 0 Å². The van der Waals surface area contributed by atoms with Crippen LogP contribution in [0.3, 0.4) is 0 Å². The molecule has 4 rings (SSSR count). The summed E-state index contributed by atoms with van der Waals surface area (Å²) in [5.41, 5.74) is 2.22. The van der Waals surface area contributed by atoms with E-state index in [0.29, 0.717) is 0 Å². The summed E-state index contributed by atoms with van der Waals surface area (Å²) in [7, 11) is 0. The molecule has 110 valence electrons. The Labute approximate surface area is 133 Å². The van der Waals surface area contributed by atoms with Gasteiger partial charge in [0, 0.05) is 30.7 Å². The lowest BCUT2D eigenvalue weighted by Crippen LogP contribution is -2.13. The molecule has 22 heavy (non-hydrogen) atoms. The average molecular weight is 309 g/mol. The number of hydrogen-bond acceptors (Lipinski definition) is 5. The van der Waals surface area contributed by atoms with Crippen LogP contribution in [0.2, 0.25) is 0 Å². The van der Waals surface area contributed by atoms with Gasteiger partial charge in [0.2, 0.25) is 5.95 Å². The van der Waals surface area contributed by atoms with E-state index in [1.54, 1.807) is 11.8 Å². The molecule has 0 N–H and O–H groups in total. The van der Waals surface area contributed by atoms with Gasteiger partial charge >= 0.3 is 0 Å². The van der Waals surface area contributed by atoms with Crippen molar-refractivity contribution in [2.75, 3.05) is 11.4 Å². The molecule has 0 atom stereocenters. The molecule has 0 saturated carbocycles. The van der Waals surface area contributed by atoms with E-state index < -0.39 is 0 Å². The maximum absolute atomic E-state index is 4.36. The number of benzene rings is 1. The lowest BCUT2D eigenvalue weighted by atomic mass is 10.3. The summed E-state index contributed by atoms with van der Waals surface area (Å²) in [6, 6.07) is 16.3. The van der Waals surface area contributed by atoms with Gasteiger partial charge in [-0.25, -0.2) is 0 Å². The van der Waals surface area contributed by atoms with Crippen LogP contribution in [0.15, 0.2) is 59.9 Å². The molecular weight excluding hydrogens is 294 g/mol. The highest BCUT2D eigenvalue weighted by Crippen LogP contribution is 2.32. The van der Waals surface area contributed by atoms with Crippen LogP contribution < -0.4 is 4.90 Å². The van der Waals surface area contributed by atoms with E-state index in [9.17, 15) is 0 Å². The van der Waals surface area contributed by atoms with Gasteiger partial charge in [-0.05, 0) is 24.3 Å². The van der Waals surface area contributed by atoms with Gasteiger partial charge in [0.05, 0.1) is 5.69 Å². The first-order valence-electron chi connectivity index (χ1n) is 7.20. The van der Waals surface area contributed by atoms with Crippen molar-refractivity contribution in [3.05, 3.63) is 60.4 Å². The van der Waals surface area contributed by atoms with Crippen LogP contribution in [0.4, 0.5) is 11.6 Å². The molecule has 0 amide bonds. The summed E-state index contributed by atoms with van der Waals surface area (Å²) in [5.74, 6) is 1.74. The number of pyridine rings is 1. The molecular formula is C16H15N5S. The predicted octanol–water partition coefficient (Wildman–Crippen LogP) is 3.12. The second kappa shape index (κ2) is 5.81. The largest absolute Gasteiger partial charge is 0.309 e. The molecule has 6 heteroatoms. The Balaban J connectivity index is 1.53. The van der Waals surface area contributed by atoms with Crippen LogP contribution >= 0.6 is 11.8 Å². The Morgan fingerprint density at radius 1 is 0.955 bits per heavy atom. The first-order chi connectivity index (χ1) is 10.9. The summed E-state index contributed by atoms with van der Waals surface area (Å²) in [6.45, 7) is 1.85. The molecule has 1 aliphatic heterocycles. The minimum absolute atomic E-state index is 0.810. The van der Waals surface area contributed by atoms with E-state index in [-0.39, 0.29) is 0 Å². The molecule has 0 bridgehead atoms. The third-order valence-corrected chi connectivity index (χ3v) is 4.63. The van der Waals surface area contributed by atoms with Gasteiger partial charge < -0.3 is 4.90 Å². The minimum atomic E-state index is 0.810. The van der Waals surface area contributed by atoms with Crippen molar-refractivity contribution < 1.29 is 0 Å². The van der Waals surface area contributed by atoms with Crippen molar-refractivity contribution in [1.29, 1.82) is 0 Å². The standard InChI is InChI=1S/C16H15N5S/c1-2-7-14(8-3-1)20-10-11-21-15(20)18-19-16(21)22-12-13-6-4-5-9-17-13/h1-9H,10-12H2. The van der Waals surface area contributed by atoms with Crippen LogP contribution in [0.1, 0.15) is 5.69 Å². The second-order valence-corrected chi connectivity index (χ2v) is 5.97. The van der Waals surface area contributed by atoms with Crippen LogP contribution in [-0.4, -0.2) is 26.3 Å². The molecule has 3 aromatic rings. The third-order valence-electron chi connectivity index (χ3n) is 3.63. The predicted molar refractivity (Wildman–Crippen MR) is 87.3 cm³/mol. The van der Waals surface area contributed by atoms with Gasteiger partial charge in [0.1, 0.15) is 0 Å². The zero-order valence-electron chi connectivity index (χ0n) is 12.0. The lowest BCUT2D eigenvalue weighted by molar-refractivity contribution is 0.703. The molecule has 3 heterocycles. The quantitative estimate of drug-likeness (QED) is 0.693. The van der Waals surface area contributed by atoms with Crippen LogP contribution in [0.5, 0.6) is 0 Å². The van der Waals surface area contributed by atoms with E-state index >= 15 is 0 Å². The monoisotopic (exact) mass is 309 g/mol. The summed E-state index contributed by atoms with van der Waals surface area (Å²) in [5, 5.41) is 9.66. The fraction of sp³-hybridized carbons (Fsp3) is 0.188. The maximum atomic E-state index is 4.36. The van der Waals surface area contributed by atoms with Gasteiger partial charge in [-0.3, -0.25) is 9.55 Å². The fourth-order valence-electron chi connectivity index (χ4n) is 2.56. The van der Waals surface area contributed by atoms with Crippen LogP contribution in [-0.2, 0) is 12.3 Å². The van der Waals surface area contributed by atoms with Crippen molar-refractivity contribution in [3.8, 4) is 0 Å². The van der Waals surface area contributed by atoms with Gasteiger partial charge in [0.15, 0.2) is 5.16 Å². The lowest BCUT2D eigenvalue weighted by Gasteiger charge is -2.14. The number of anilines is 2. The number of rotatable bonds is 4. The Kier molecular flexibility index (Phi) is 3.52. The first-order valence-corrected chi connectivity index (χ1v) is 8.19. The van der Waals surface area contributed by atoms with Crippen LogP contribution in [0.25, 0.3) is 0 Å². The highest BCUT2D eigenvalue weighted by molar-refractivity contribution is 7.98. The number of para-hydroxylation sites is 1. The number of nitrogens with zero attached hydrogens (tertiary/aromatic N) is 5. The maximum Gasteiger partial charge on any atom is 0.232 e. The second-order valence-electron chi connectivity index (χ2n) is 5.03. The molecule has 5 nitrogen and oxygen atoms in total. The SMILES string of the molecule is c1ccc(N2CCn3c(SCc4ccccn4)nnc32)cc1. The molecule has 0 fully saturated rings. The molecule has 1 aromatic carbocycles. The van der Waals surface area contributed by atoms with Crippen molar-refractivity contribution >= 4 is 23.4 Å². The molecule has 0 radical (unpaired) electrons. The third kappa shape index (κ3) is 2.46. The summed E-state index contributed by atoms with van der Waals surface area (Å²) in [4.78, 5) is 6.55. The first kappa shape index (κ1) is 13.3. The van der Waals surface area contributed by atoms with Crippen molar-refractivity contribution in [2.45, 2.75) is 17.5 Å². The molecule has 0 saturated heterocycles. The number of thioether (sulfide) groups is 1. The molecule has 0 aliphatic carbocycles. The molecule has 2 aromatic heterocycles. The molecule has 1 aliphatic rings. The smallest absolute Gasteiger partial charge is 0.232 e. The van der Waals surface area contributed by atoms with Gasteiger partial charge in [0.25, 0.3) is 0 Å². The summed E-state index contributed by atoms with van der Waals surface area (Å²) < 4.78 is 2.18. The Hall–Kier alpha value is -2.34. The Morgan fingerprint density at radius 2 is 1.82 bits per heavy atom. The van der Waals surface area contributed by atoms with E-state index in [4.69, 9.17) is 0 Å². The van der Waals surface area contributed by atoms with E-state index in [0.717, 1.165) is 41.3 Å². The summed E-state index contributed by atoms with van der Waals surface area (Å²) in [6.07, 6.45) is 1.82. The number of fused-ring (bicyclic) bond motifs is 1. The minimum Gasteiger partial charge on any atom is -0.309 e. The van der Waals surface area contributed by atoms with Crippen molar-refractivity contribution in [2.24, 2.45) is 0 Å². The number of aromatic nitrogens is 4. The average Bonchev–Trinajstić information content (AvgIpc) is 3.17. The molecule has 0 unspecified atom stereocenters. The van der Waals surface area contributed by atoms with E-state index in [2.05, 4.69) is 36.8 Å². The highest BCUT2D eigenvalue weighted by atomic mass is 32.2. The summed E-state index contributed by atoms with van der Waals surface area (Å²) >= 11 is 1.68.